The Morgan fingerprint density at radius 2 is 1.95 bits per heavy atom. The fraction of sp³-hybridized carbons (Fsp3) is 1.00. The van der Waals surface area contributed by atoms with Crippen LogP contribution in [-0.4, -0.2) is 58.8 Å². The molecule has 0 aliphatic carbocycles. The van der Waals surface area contributed by atoms with E-state index in [1.165, 1.54) is 0 Å². The van der Waals surface area contributed by atoms with Crippen LogP contribution in [0.25, 0.3) is 0 Å². The van der Waals surface area contributed by atoms with Gasteiger partial charge >= 0.3 is 0 Å². The number of piperidine rings is 1. The van der Waals surface area contributed by atoms with E-state index >= 15 is 0 Å². The minimum absolute atomic E-state index is 0.0143. The van der Waals surface area contributed by atoms with Gasteiger partial charge in [-0.2, -0.15) is 0 Å². The van der Waals surface area contributed by atoms with Crippen LogP contribution in [0.5, 0.6) is 0 Å². The number of nitrogens with zero attached hydrogens (tertiary/aromatic N) is 1. The summed E-state index contributed by atoms with van der Waals surface area (Å²) in [4.78, 5) is 2.07. The normalized spacial score (nSPS) is 19.8. The zero-order valence-corrected chi connectivity index (χ0v) is 13.3. The molecule has 0 spiro atoms. The van der Waals surface area contributed by atoms with Gasteiger partial charge in [0.25, 0.3) is 0 Å². The van der Waals surface area contributed by atoms with Crippen LogP contribution in [0.1, 0.15) is 32.6 Å². The van der Waals surface area contributed by atoms with E-state index in [1.54, 1.807) is 0 Å². The maximum absolute atomic E-state index is 12.0. The van der Waals surface area contributed by atoms with E-state index in [9.17, 15) is 8.42 Å². The van der Waals surface area contributed by atoms with Gasteiger partial charge in [0.05, 0.1) is 5.75 Å². The van der Waals surface area contributed by atoms with E-state index in [2.05, 4.69) is 14.9 Å². The molecule has 0 aromatic heterocycles. The SMILES string of the molecule is CC(CCN(C)C)NS(=O)(=O)CCC1CCNCC1. The van der Waals surface area contributed by atoms with Crippen molar-refractivity contribution >= 4 is 10.0 Å². The first-order chi connectivity index (χ1) is 8.89. The predicted molar refractivity (Wildman–Crippen MR) is 79.8 cm³/mol. The van der Waals surface area contributed by atoms with Gasteiger partial charge in [-0.15, -0.1) is 0 Å². The van der Waals surface area contributed by atoms with Crippen molar-refractivity contribution in [1.29, 1.82) is 0 Å². The van der Waals surface area contributed by atoms with E-state index in [4.69, 9.17) is 0 Å². The van der Waals surface area contributed by atoms with Crippen LogP contribution in [0.3, 0.4) is 0 Å². The molecular formula is C13H29N3O2S. The summed E-state index contributed by atoms with van der Waals surface area (Å²) in [6.07, 6.45) is 3.84. The summed E-state index contributed by atoms with van der Waals surface area (Å²) in [5, 5.41) is 3.30. The lowest BCUT2D eigenvalue weighted by Crippen LogP contribution is -2.37. The third kappa shape index (κ3) is 7.87. The third-order valence-electron chi connectivity index (χ3n) is 3.64. The number of nitrogens with one attached hydrogen (secondary N) is 2. The zero-order valence-electron chi connectivity index (χ0n) is 12.5. The summed E-state index contributed by atoms with van der Waals surface area (Å²) in [6, 6.07) is 0.0143. The third-order valence-corrected chi connectivity index (χ3v) is 5.18. The number of rotatable bonds is 8. The number of hydrogen-bond acceptors (Lipinski definition) is 4. The molecule has 1 rings (SSSR count). The summed E-state index contributed by atoms with van der Waals surface area (Å²) < 4.78 is 26.8. The predicted octanol–water partition coefficient (Wildman–Crippen LogP) is 0.636. The van der Waals surface area contributed by atoms with Crippen molar-refractivity contribution in [3.63, 3.8) is 0 Å². The molecule has 1 aliphatic rings. The molecular weight excluding hydrogens is 262 g/mol. The average molecular weight is 291 g/mol. The van der Waals surface area contributed by atoms with Crippen LogP contribution in [0.2, 0.25) is 0 Å². The highest BCUT2D eigenvalue weighted by atomic mass is 32.2. The van der Waals surface area contributed by atoms with Crippen molar-refractivity contribution in [3.8, 4) is 0 Å². The zero-order chi connectivity index (χ0) is 14.3. The summed E-state index contributed by atoms with van der Waals surface area (Å²) in [7, 11) is 0.880. The maximum atomic E-state index is 12.0. The first-order valence-electron chi connectivity index (χ1n) is 7.24. The van der Waals surface area contributed by atoms with Gasteiger partial charge in [0, 0.05) is 6.04 Å². The smallest absolute Gasteiger partial charge is 0.211 e. The second-order valence-electron chi connectivity index (χ2n) is 5.91. The maximum Gasteiger partial charge on any atom is 0.211 e. The van der Waals surface area contributed by atoms with Gasteiger partial charge in [-0.05, 0) is 72.3 Å². The van der Waals surface area contributed by atoms with Crippen molar-refractivity contribution in [1.82, 2.24) is 14.9 Å². The Bertz CT molecular complexity index is 338. The molecule has 2 N–H and O–H groups in total. The van der Waals surface area contributed by atoms with Crippen LogP contribution >= 0.6 is 0 Å². The Morgan fingerprint density at radius 3 is 2.53 bits per heavy atom. The van der Waals surface area contributed by atoms with Crippen LogP contribution in [0.15, 0.2) is 0 Å². The largest absolute Gasteiger partial charge is 0.317 e. The van der Waals surface area contributed by atoms with E-state index in [0.717, 1.165) is 45.3 Å². The molecule has 1 fully saturated rings. The van der Waals surface area contributed by atoms with Crippen molar-refractivity contribution in [2.24, 2.45) is 5.92 Å². The number of hydrogen-bond donors (Lipinski definition) is 2. The molecule has 1 atom stereocenters. The van der Waals surface area contributed by atoms with Gasteiger partial charge in [-0.1, -0.05) is 0 Å². The molecule has 0 aromatic rings. The Kier molecular flexibility index (Phi) is 7.28. The summed E-state index contributed by atoms with van der Waals surface area (Å²) >= 11 is 0. The van der Waals surface area contributed by atoms with Gasteiger partial charge in [0.1, 0.15) is 0 Å². The van der Waals surface area contributed by atoms with Crippen molar-refractivity contribution in [2.45, 2.75) is 38.6 Å². The quantitative estimate of drug-likeness (QED) is 0.689. The second kappa shape index (κ2) is 8.19. The summed E-state index contributed by atoms with van der Waals surface area (Å²) in [6.45, 7) is 4.89. The molecule has 6 heteroatoms. The second-order valence-corrected chi connectivity index (χ2v) is 7.79. The minimum Gasteiger partial charge on any atom is -0.317 e. The monoisotopic (exact) mass is 291 g/mol. The van der Waals surface area contributed by atoms with Crippen LogP contribution in [0.4, 0.5) is 0 Å². The molecule has 0 bridgehead atoms. The number of sulfonamides is 1. The van der Waals surface area contributed by atoms with Crippen molar-refractivity contribution in [3.05, 3.63) is 0 Å². The molecule has 1 aliphatic heterocycles. The van der Waals surface area contributed by atoms with Gasteiger partial charge < -0.3 is 10.2 Å². The molecule has 0 radical (unpaired) electrons. The highest BCUT2D eigenvalue weighted by molar-refractivity contribution is 7.89. The highest BCUT2D eigenvalue weighted by Crippen LogP contribution is 2.16. The molecule has 0 amide bonds. The van der Waals surface area contributed by atoms with Crippen LogP contribution in [0, 0.1) is 5.92 Å². The Balaban J connectivity index is 2.26. The van der Waals surface area contributed by atoms with Crippen molar-refractivity contribution < 1.29 is 8.42 Å². The summed E-state index contributed by atoms with van der Waals surface area (Å²) in [5.41, 5.74) is 0. The fourth-order valence-electron chi connectivity index (χ4n) is 2.37. The fourth-order valence-corrected chi connectivity index (χ4v) is 3.86. The molecule has 5 nitrogen and oxygen atoms in total. The van der Waals surface area contributed by atoms with E-state index in [1.807, 2.05) is 21.0 Å². The molecule has 1 heterocycles. The lowest BCUT2D eigenvalue weighted by Gasteiger charge is -2.23. The average Bonchev–Trinajstić information content (AvgIpc) is 2.35. The molecule has 0 aromatic carbocycles. The van der Waals surface area contributed by atoms with Crippen LogP contribution in [-0.2, 0) is 10.0 Å². The summed E-state index contributed by atoms with van der Waals surface area (Å²) in [5.74, 6) is 0.833. The van der Waals surface area contributed by atoms with Crippen LogP contribution < -0.4 is 10.0 Å². The highest BCUT2D eigenvalue weighted by Gasteiger charge is 2.19. The Labute approximate surface area is 118 Å². The van der Waals surface area contributed by atoms with Crippen molar-refractivity contribution in [2.75, 3.05) is 39.5 Å². The van der Waals surface area contributed by atoms with Gasteiger partial charge in [0.2, 0.25) is 10.0 Å². The van der Waals surface area contributed by atoms with E-state index < -0.39 is 10.0 Å². The lowest BCUT2D eigenvalue weighted by atomic mass is 9.96. The minimum atomic E-state index is -3.12. The molecule has 114 valence electrons. The Hall–Kier alpha value is -0.170. The van der Waals surface area contributed by atoms with Gasteiger partial charge in [-0.3, -0.25) is 0 Å². The van der Waals surface area contributed by atoms with E-state index in [0.29, 0.717) is 5.92 Å². The Morgan fingerprint density at radius 1 is 1.32 bits per heavy atom. The van der Waals surface area contributed by atoms with E-state index in [-0.39, 0.29) is 11.8 Å². The lowest BCUT2D eigenvalue weighted by molar-refractivity contribution is 0.363. The standard InChI is InChI=1S/C13H29N3O2S/c1-12(6-10-16(2)3)15-19(17,18)11-7-13-4-8-14-9-5-13/h12-15H,4-11H2,1-3H3. The molecule has 19 heavy (non-hydrogen) atoms. The first kappa shape index (κ1) is 16.9. The first-order valence-corrected chi connectivity index (χ1v) is 8.90. The topological polar surface area (TPSA) is 61.4 Å². The molecule has 1 saturated heterocycles. The van der Waals surface area contributed by atoms with Gasteiger partial charge in [0.15, 0.2) is 0 Å². The molecule has 0 saturated carbocycles. The van der Waals surface area contributed by atoms with Gasteiger partial charge in [-0.25, -0.2) is 13.1 Å². The molecule has 1 unspecified atom stereocenters.